The summed E-state index contributed by atoms with van der Waals surface area (Å²) in [6.07, 6.45) is -0.0629. The van der Waals surface area contributed by atoms with E-state index in [1.807, 2.05) is 0 Å². The molecule has 1 aliphatic heterocycles. The number of hydrogen-bond acceptors (Lipinski definition) is 10. The van der Waals surface area contributed by atoms with E-state index < -0.39 is 30.4 Å². The smallest absolute Gasteiger partial charge is 0.302 e. The Labute approximate surface area is 186 Å². The van der Waals surface area contributed by atoms with Crippen molar-refractivity contribution in [2.75, 3.05) is 19.0 Å². The van der Waals surface area contributed by atoms with Gasteiger partial charge in [-0.2, -0.15) is 4.68 Å². The maximum atomic E-state index is 13.1. The highest BCUT2D eigenvalue weighted by atomic mass is 16.6. The summed E-state index contributed by atoms with van der Waals surface area (Å²) in [5, 5.41) is 24.4. The van der Waals surface area contributed by atoms with Crippen molar-refractivity contribution in [1.82, 2.24) is 24.8 Å². The number of anilines is 1. The molecule has 2 N–H and O–H groups in total. The fraction of sp³-hybridized carbons (Fsp3) is 0.400. The summed E-state index contributed by atoms with van der Waals surface area (Å²) in [6.45, 7) is 0.764. The maximum absolute atomic E-state index is 13.1. The van der Waals surface area contributed by atoms with Crippen LogP contribution in [0.5, 0.6) is 5.75 Å². The van der Waals surface area contributed by atoms with E-state index in [-0.39, 0.29) is 29.6 Å². The molecule has 1 aliphatic rings. The van der Waals surface area contributed by atoms with Crippen molar-refractivity contribution in [3.63, 3.8) is 0 Å². The van der Waals surface area contributed by atoms with Gasteiger partial charge in [-0.25, -0.2) is 4.68 Å². The number of methoxy groups -OCH3 is 1. The Kier molecular flexibility index (Phi) is 6.33. The minimum absolute atomic E-state index is 0.0170. The van der Waals surface area contributed by atoms with Crippen LogP contribution < -0.4 is 15.6 Å². The lowest BCUT2D eigenvalue weighted by atomic mass is 10.2. The summed E-state index contributed by atoms with van der Waals surface area (Å²) >= 11 is 0. The van der Waals surface area contributed by atoms with E-state index in [0.717, 1.165) is 9.36 Å². The standard InChI is InChI=1S/C20H22N6O7/c1-11(28)32-9-14-7-8-15(33-14)26-20(30)17-16(22-24-26)18(23-25(17)10-27)21-19(29)12-3-5-13(31-2)6-4-12/h3-6,14-15,27H,7-10H2,1-2H3,(H,21,23,29). The van der Waals surface area contributed by atoms with Gasteiger partial charge >= 0.3 is 5.97 Å². The Bertz CT molecular complexity index is 1240. The number of aliphatic hydroxyl groups is 1. The van der Waals surface area contributed by atoms with Crippen LogP contribution in [-0.4, -0.2) is 61.6 Å². The molecule has 4 rings (SSSR count). The summed E-state index contributed by atoms with van der Waals surface area (Å²) < 4.78 is 17.9. The highest BCUT2D eigenvalue weighted by Gasteiger charge is 2.30. The van der Waals surface area contributed by atoms with Gasteiger partial charge in [-0.05, 0) is 37.1 Å². The second-order valence-corrected chi connectivity index (χ2v) is 7.30. The molecule has 13 nitrogen and oxygen atoms in total. The van der Waals surface area contributed by atoms with Crippen LogP contribution in [0.3, 0.4) is 0 Å². The molecule has 1 amide bonds. The van der Waals surface area contributed by atoms with Gasteiger partial charge in [-0.1, -0.05) is 5.21 Å². The van der Waals surface area contributed by atoms with Gasteiger partial charge in [0.1, 0.15) is 19.1 Å². The molecule has 2 aromatic heterocycles. The van der Waals surface area contributed by atoms with Gasteiger partial charge in [0.25, 0.3) is 11.5 Å². The number of ether oxygens (including phenoxy) is 3. The molecule has 0 bridgehead atoms. The zero-order valence-corrected chi connectivity index (χ0v) is 17.9. The number of amides is 1. The lowest BCUT2D eigenvalue weighted by Gasteiger charge is -2.14. The lowest BCUT2D eigenvalue weighted by Crippen LogP contribution is -2.30. The molecule has 1 saturated heterocycles. The molecule has 33 heavy (non-hydrogen) atoms. The van der Waals surface area contributed by atoms with E-state index in [9.17, 15) is 19.5 Å². The van der Waals surface area contributed by atoms with Gasteiger partial charge in [0.15, 0.2) is 23.1 Å². The van der Waals surface area contributed by atoms with E-state index in [0.29, 0.717) is 24.2 Å². The molecule has 0 spiro atoms. The summed E-state index contributed by atoms with van der Waals surface area (Å²) in [7, 11) is 1.52. The minimum atomic E-state index is -0.714. The van der Waals surface area contributed by atoms with Gasteiger partial charge < -0.3 is 24.6 Å². The van der Waals surface area contributed by atoms with Gasteiger partial charge in [0.2, 0.25) is 0 Å². The lowest BCUT2D eigenvalue weighted by molar-refractivity contribution is -0.145. The first-order valence-corrected chi connectivity index (χ1v) is 10.1. The number of aliphatic hydroxyl groups excluding tert-OH is 1. The fourth-order valence-corrected chi connectivity index (χ4v) is 3.50. The number of esters is 1. The fourth-order valence-electron chi connectivity index (χ4n) is 3.50. The van der Waals surface area contributed by atoms with Crippen molar-refractivity contribution in [2.24, 2.45) is 0 Å². The highest BCUT2D eigenvalue weighted by molar-refractivity contribution is 6.07. The second kappa shape index (κ2) is 9.34. The van der Waals surface area contributed by atoms with E-state index in [1.54, 1.807) is 24.3 Å². The van der Waals surface area contributed by atoms with E-state index in [1.165, 1.54) is 14.0 Å². The molecule has 174 valence electrons. The predicted octanol–water partition coefficient (Wildman–Crippen LogP) is 0.439. The van der Waals surface area contributed by atoms with Gasteiger partial charge in [0.05, 0.1) is 13.2 Å². The quantitative estimate of drug-likeness (QED) is 0.476. The first-order chi connectivity index (χ1) is 15.9. The maximum Gasteiger partial charge on any atom is 0.302 e. The van der Waals surface area contributed by atoms with Crippen molar-refractivity contribution in [3.8, 4) is 5.75 Å². The molecule has 3 heterocycles. The Balaban J connectivity index is 1.59. The topological polar surface area (TPSA) is 160 Å². The third kappa shape index (κ3) is 4.54. The Hall–Kier alpha value is -3.84. The number of nitrogens with zero attached hydrogens (tertiary/aromatic N) is 5. The zero-order valence-electron chi connectivity index (χ0n) is 17.9. The second-order valence-electron chi connectivity index (χ2n) is 7.30. The average Bonchev–Trinajstić information content (AvgIpc) is 3.43. The summed E-state index contributed by atoms with van der Waals surface area (Å²) in [5.41, 5.74) is -0.266. The molecule has 1 aromatic carbocycles. The Morgan fingerprint density at radius 2 is 2.03 bits per heavy atom. The zero-order chi connectivity index (χ0) is 23.5. The van der Waals surface area contributed by atoms with Crippen LogP contribution in [0.25, 0.3) is 11.0 Å². The summed E-state index contributed by atoms with van der Waals surface area (Å²) in [6, 6.07) is 6.41. The van der Waals surface area contributed by atoms with Crippen molar-refractivity contribution in [1.29, 1.82) is 0 Å². The number of nitrogens with one attached hydrogen (secondary N) is 1. The SMILES string of the molecule is COc1ccc(C(=O)Nc2nn(CO)c3c(=O)n(C4CCC(COC(C)=O)O4)nnc23)cc1. The number of carbonyl (C=O) groups excluding carboxylic acids is 2. The molecule has 0 saturated carbocycles. The average molecular weight is 458 g/mol. The molecule has 13 heteroatoms. The van der Waals surface area contributed by atoms with Gasteiger partial charge in [0, 0.05) is 12.5 Å². The summed E-state index contributed by atoms with van der Waals surface area (Å²) in [4.78, 5) is 36.7. The molecular weight excluding hydrogens is 436 g/mol. The molecule has 2 unspecified atom stereocenters. The van der Waals surface area contributed by atoms with Crippen LogP contribution in [0.2, 0.25) is 0 Å². The molecule has 3 aromatic rings. The van der Waals surface area contributed by atoms with Crippen LogP contribution in [0.15, 0.2) is 29.1 Å². The number of hydrogen-bond donors (Lipinski definition) is 2. The molecule has 0 radical (unpaired) electrons. The Morgan fingerprint density at radius 3 is 2.70 bits per heavy atom. The minimum Gasteiger partial charge on any atom is -0.497 e. The third-order valence-corrected chi connectivity index (χ3v) is 5.13. The first-order valence-electron chi connectivity index (χ1n) is 10.1. The van der Waals surface area contributed by atoms with Crippen molar-refractivity contribution < 1.29 is 28.9 Å². The number of benzene rings is 1. The monoisotopic (exact) mass is 458 g/mol. The van der Waals surface area contributed by atoms with E-state index in [2.05, 4.69) is 20.7 Å². The van der Waals surface area contributed by atoms with Gasteiger partial charge in [-0.3, -0.25) is 14.4 Å². The largest absolute Gasteiger partial charge is 0.497 e. The number of carbonyl (C=O) groups is 2. The van der Waals surface area contributed by atoms with Crippen molar-refractivity contribution in [3.05, 3.63) is 40.2 Å². The highest BCUT2D eigenvalue weighted by Crippen LogP contribution is 2.27. The van der Waals surface area contributed by atoms with Crippen LogP contribution >= 0.6 is 0 Å². The molecule has 0 aliphatic carbocycles. The Morgan fingerprint density at radius 1 is 1.27 bits per heavy atom. The first kappa shape index (κ1) is 22.4. The van der Waals surface area contributed by atoms with Crippen LogP contribution in [0, 0.1) is 0 Å². The number of aromatic nitrogens is 5. The molecule has 1 fully saturated rings. The normalized spacial score (nSPS) is 17.8. The van der Waals surface area contributed by atoms with Crippen molar-refractivity contribution in [2.45, 2.75) is 38.8 Å². The molecule has 2 atom stereocenters. The van der Waals surface area contributed by atoms with Crippen LogP contribution in [0.1, 0.15) is 36.4 Å². The van der Waals surface area contributed by atoms with E-state index >= 15 is 0 Å². The summed E-state index contributed by atoms with van der Waals surface area (Å²) in [5.74, 6) is -0.328. The van der Waals surface area contributed by atoms with Crippen LogP contribution in [-0.2, 0) is 21.0 Å². The molecular formula is C20H22N6O7. The van der Waals surface area contributed by atoms with Crippen molar-refractivity contribution >= 4 is 28.7 Å². The number of rotatable bonds is 7. The van der Waals surface area contributed by atoms with E-state index in [4.69, 9.17) is 14.2 Å². The predicted molar refractivity (Wildman–Crippen MR) is 113 cm³/mol. The number of fused-ring (bicyclic) bond motifs is 1. The van der Waals surface area contributed by atoms with Crippen LogP contribution in [0.4, 0.5) is 5.82 Å². The third-order valence-electron chi connectivity index (χ3n) is 5.13. The van der Waals surface area contributed by atoms with Gasteiger partial charge in [-0.15, -0.1) is 10.2 Å².